The Hall–Kier alpha value is -1.98. The molecule has 0 bridgehead atoms. The molecule has 0 amide bonds. The van der Waals surface area contributed by atoms with Gasteiger partial charge in [-0.1, -0.05) is 6.07 Å². The minimum Gasteiger partial charge on any atom is -0.382 e. The summed E-state index contributed by atoms with van der Waals surface area (Å²) in [5.74, 6) is -0.426. The van der Waals surface area contributed by atoms with Crippen LogP contribution in [0.15, 0.2) is 24.3 Å². The number of hydrogen-bond donors (Lipinski definition) is 2. The zero-order valence-electron chi connectivity index (χ0n) is 8.05. The fourth-order valence-electron chi connectivity index (χ4n) is 1.36. The number of nitrogen functional groups attached to an aromatic ring is 1. The molecule has 3 nitrogen and oxygen atoms in total. The lowest BCUT2D eigenvalue weighted by molar-refractivity contribution is 0.151. The van der Waals surface area contributed by atoms with Crippen LogP contribution in [0.3, 0.4) is 0 Å². The van der Waals surface area contributed by atoms with Gasteiger partial charge in [-0.25, -0.2) is 13.2 Å². The molecule has 0 fully saturated rings. The van der Waals surface area contributed by atoms with E-state index in [2.05, 4.69) is 10.2 Å². The largest absolute Gasteiger partial charge is 0.382 e. The van der Waals surface area contributed by atoms with Gasteiger partial charge in [-0.05, 0) is 12.1 Å². The minimum atomic E-state index is -2.64. The molecule has 1 heterocycles. The number of anilines is 1. The normalized spacial score (nSPS) is 11.0. The first-order valence-corrected chi connectivity index (χ1v) is 4.47. The predicted octanol–water partition coefficient (Wildman–Crippen LogP) is 2.74. The number of nitrogens with two attached hydrogens (primary N) is 1. The maximum Gasteiger partial charge on any atom is 0.263 e. The fourth-order valence-corrected chi connectivity index (χ4v) is 1.36. The van der Waals surface area contributed by atoms with Crippen LogP contribution in [0.25, 0.3) is 11.3 Å². The van der Waals surface area contributed by atoms with Crippen molar-refractivity contribution in [2.75, 3.05) is 5.73 Å². The highest BCUT2D eigenvalue weighted by molar-refractivity contribution is 5.63. The van der Waals surface area contributed by atoms with Crippen molar-refractivity contribution in [2.45, 2.75) is 6.43 Å². The van der Waals surface area contributed by atoms with E-state index in [0.29, 0.717) is 0 Å². The van der Waals surface area contributed by atoms with Gasteiger partial charge in [-0.2, -0.15) is 5.10 Å². The van der Waals surface area contributed by atoms with E-state index in [1.807, 2.05) is 0 Å². The standard InChI is InChI=1S/C10H8F3N3/c11-7-2-1-5(10(12)13)3-6(7)8-4-9(14)16-15-8/h1-4,10H,(H3,14,15,16). The molecule has 2 rings (SSSR count). The number of nitrogens with one attached hydrogen (secondary N) is 1. The van der Waals surface area contributed by atoms with Crippen molar-refractivity contribution in [1.82, 2.24) is 10.2 Å². The predicted molar refractivity (Wildman–Crippen MR) is 53.4 cm³/mol. The summed E-state index contributed by atoms with van der Waals surface area (Å²) in [6.45, 7) is 0. The smallest absolute Gasteiger partial charge is 0.263 e. The van der Waals surface area contributed by atoms with E-state index in [0.717, 1.165) is 18.2 Å². The molecule has 1 aromatic heterocycles. The second kappa shape index (κ2) is 3.88. The van der Waals surface area contributed by atoms with Crippen molar-refractivity contribution in [3.8, 4) is 11.3 Å². The first kappa shape index (κ1) is 10.5. The van der Waals surface area contributed by atoms with Gasteiger partial charge in [0.15, 0.2) is 0 Å². The van der Waals surface area contributed by atoms with Crippen LogP contribution in [0.1, 0.15) is 12.0 Å². The van der Waals surface area contributed by atoms with E-state index in [4.69, 9.17) is 5.73 Å². The monoisotopic (exact) mass is 227 g/mol. The summed E-state index contributed by atoms with van der Waals surface area (Å²) < 4.78 is 38.2. The minimum absolute atomic E-state index is 0.0296. The zero-order chi connectivity index (χ0) is 11.7. The highest BCUT2D eigenvalue weighted by Crippen LogP contribution is 2.27. The number of rotatable bonds is 2. The summed E-state index contributed by atoms with van der Waals surface area (Å²) in [5, 5.41) is 6.08. The van der Waals surface area contributed by atoms with E-state index in [1.165, 1.54) is 6.07 Å². The Morgan fingerprint density at radius 2 is 2.00 bits per heavy atom. The molecule has 3 N–H and O–H groups in total. The summed E-state index contributed by atoms with van der Waals surface area (Å²) in [6, 6.07) is 4.50. The lowest BCUT2D eigenvalue weighted by Gasteiger charge is -2.04. The van der Waals surface area contributed by atoms with E-state index in [-0.39, 0.29) is 22.6 Å². The summed E-state index contributed by atoms with van der Waals surface area (Å²) in [6.07, 6.45) is -2.64. The molecule has 0 aliphatic rings. The molecule has 0 saturated carbocycles. The van der Waals surface area contributed by atoms with Gasteiger partial charge in [0, 0.05) is 17.2 Å². The van der Waals surface area contributed by atoms with Gasteiger partial charge in [0.05, 0.1) is 5.69 Å². The van der Waals surface area contributed by atoms with Crippen LogP contribution in [0.4, 0.5) is 19.0 Å². The lowest BCUT2D eigenvalue weighted by atomic mass is 10.1. The number of aromatic amines is 1. The molecule has 0 saturated heterocycles. The number of nitrogens with zero attached hydrogens (tertiary/aromatic N) is 1. The van der Waals surface area contributed by atoms with Crippen LogP contribution in [0, 0.1) is 5.82 Å². The number of aromatic nitrogens is 2. The van der Waals surface area contributed by atoms with E-state index >= 15 is 0 Å². The molecule has 0 spiro atoms. The quantitative estimate of drug-likeness (QED) is 0.828. The molecule has 6 heteroatoms. The van der Waals surface area contributed by atoms with E-state index in [9.17, 15) is 13.2 Å². The first-order valence-electron chi connectivity index (χ1n) is 4.47. The van der Waals surface area contributed by atoms with E-state index < -0.39 is 12.2 Å². The molecule has 0 aliphatic carbocycles. The summed E-state index contributed by atoms with van der Waals surface area (Å²) in [7, 11) is 0. The molecule has 0 radical (unpaired) electrons. The van der Waals surface area contributed by atoms with Gasteiger partial charge in [0.1, 0.15) is 11.6 Å². The second-order valence-corrected chi connectivity index (χ2v) is 3.25. The van der Waals surface area contributed by atoms with Crippen molar-refractivity contribution in [3.63, 3.8) is 0 Å². The number of alkyl halides is 2. The van der Waals surface area contributed by atoms with Crippen molar-refractivity contribution >= 4 is 5.82 Å². The van der Waals surface area contributed by atoms with Gasteiger partial charge < -0.3 is 5.73 Å². The lowest BCUT2D eigenvalue weighted by Crippen LogP contribution is -1.90. The topological polar surface area (TPSA) is 54.7 Å². The number of benzene rings is 1. The average molecular weight is 227 g/mol. The van der Waals surface area contributed by atoms with Crippen molar-refractivity contribution in [2.24, 2.45) is 0 Å². The fraction of sp³-hybridized carbons (Fsp3) is 0.100. The van der Waals surface area contributed by atoms with Crippen LogP contribution < -0.4 is 5.73 Å². The highest BCUT2D eigenvalue weighted by atomic mass is 19.3. The maximum absolute atomic E-state index is 13.4. The van der Waals surface area contributed by atoms with Crippen molar-refractivity contribution in [1.29, 1.82) is 0 Å². The highest BCUT2D eigenvalue weighted by Gasteiger charge is 2.13. The van der Waals surface area contributed by atoms with E-state index in [1.54, 1.807) is 0 Å². The molecule has 0 unspecified atom stereocenters. The third-order valence-electron chi connectivity index (χ3n) is 2.13. The molecular formula is C10H8F3N3. The molecular weight excluding hydrogens is 219 g/mol. The third-order valence-corrected chi connectivity index (χ3v) is 2.13. The van der Waals surface area contributed by atoms with Gasteiger partial charge in [-0.15, -0.1) is 0 Å². The third kappa shape index (κ3) is 1.86. The molecule has 0 aliphatic heterocycles. The SMILES string of the molecule is Nc1cc(-c2cc(C(F)F)ccc2F)[nH]n1. The molecule has 16 heavy (non-hydrogen) atoms. The number of H-pyrrole nitrogens is 1. The van der Waals surface area contributed by atoms with Crippen LogP contribution in [0.5, 0.6) is 0 Å². The van der Waals surface area contributed by atoms with Crippen LogP contribution in [-0.2, 0) is 0 Å². The number of hydrogen-bond acceptors (Lipinski definition) is 2. The van der Waals surface area contributed by atoms with Crippen LogP contribution >= 0.6 is 0 Å². The summed E-state index contributed by atoms with van der Waals surface area (Å²) >= 11 is 0. The van der Waals surface area contributed by atoms with Gasteiger partial charge in [0.25, 0.3) is 6.43 Å². The molecule has 2 aromatic rings. The Bertz CT molecular complexity index is 508. The Morgan fingerprint density at radius 3 is 2.56 bits per heavy atom. The number of halogens is 3. The summed E-state index contributed by atoms with van der Waals surface area (Å²) in [5.41, 5.74) is 5.41. The van der Waals surface area contributed by atoms with Crippen LogP contribution in [-0.4, -0.2) is 10.2 Å². The molecule has 84 valence electrons. The average Bonchev–Trinajstić information content (AvgIpc) is 2.65. The van der Waals surface area contributed by atoms with Crippen molar-refractivity contribution in [3.05, 3.63) is 35.6 Å². The van der Waals surface area contributed by atoms with Crippen molar-refractivity contribution < 1.29 is 13.2 Å². The van der Waals surface area contributed by atoms with Gasteiger partial charge in [-0.3, -0.25) is 5.10 Å². The maximum atomic E-state index is 13.4. The molecule has 1 aromatic carbocycles. The Kier molecular flexibility index (Phi) is 2.55. The molecule has 0 atom stereocenters. The second-order valence-electron chi connectivity index (χ2n) is 3.25. The Morgan fingerprint density at radius 1 is 1.25 bits per heavy atom. The first-order chi connectivity index (χ1) is 7.58. The summed E-state index contributed by atoms with van der Waals surface area (Å²) in [4.78, 5) is 0. The zero-order valence-corrected chi connectivity index (χ0v) is 8.05. The van der Waals surface area contributed by atoms with Gasteiger partial charge in [0.2, 0.25) is 0 Å². The van der Waals surface area contributed by atoms with Gasteiger partial charge >= 0.3 is 0 Å². The Labute approximate surface area is 89.1 Å². The van der Waals surface area contributed by atoms with Crippen LogP contribution in [0.2, 0.25) is 0 Å². The Balaban J connectivity index is 2.51.